The zero-order valence-corrected chi connectivity index (χ0v) is 11.5. The van der Waals surface area contributed by atoms with E-state index in [1.54, 1.807) is 0 Å². The topological polar surface area (TPSA) is 50.9 Å². The van der Waals surface area contributed by atoms with E-state index in [4.69, 9.17) is 0 Å². The van der Waals surface area contributed by atoms with Gasteiger partial charge in [0.25, 0.3) is 0 Å². The molecular formula is C13H14BrN3O. The zero-order valence-electron chi connectivity index (χ0n) is 9.88. The van der Waals surface area contributed by atoms with Gasteiger partial charge in [-0.05, 0) is 30.5 Å². The molecule has 1 aliphatic rings. The maximum atomic E-state index is 9.85. The van der Waals surface area contributed by atoms with E-state index in [0.29, 0.717) is 5.82 Å². The molecule has 18 heavy (non-hydrogen) atoms. The fourth-order valence-electron chi connectivity index (χ4n) is 2.33. The van der Waals surface area contributed by atoms with Gasteiger partial charge in [0, 0.05) is 17.4 Å². The van der Waals surface area contributed by atoms with Crippen LogP contribution in [-0.2, 0) is 13.0 Å². The van der Waals surface area contributed by atoms with Crippen molar-refractivity contribution in [2.75, 3.05) is 0 Å². The number of rotatable bonds is 2. The lowest BCUT2D eigenvalue weighted by Crippen LogP contribution is -2.17. The minimum atomic E-state index is -0.454. The summed E-state index contributed by atoms with van der Waals surface area (Å²) in [5.41, 5.74) is 1.20. The molecule has 0 bridgehead atoms. The van der Waals surface area contributed by atoms with Crippen molar-refractivity contribution < 1.29 is 5.11 Å². The molecule has 1 aliphatic heterocycles. The highest BCUT2D eigenvalue weighted by Crippen LogP contribution is 2.24. The second-order valence-corrected chi connectivity index (χ2v) is 5.50. The number of hydrogen-bond donors (Lipinski definition) is 1. The smallest absolute Gasteiger partial charge is 0.161 e. The van der Waals surface area contributed by atoms with Crippen LogP contribution in [-0.4, -0.2) is 19.9 Å². The van der Waals surface area contributed by atoms with E-state index >= 15 is 0 Å². The lowest BCUT2D eigenvalue weighted by atomic mass is 10.1. The van der Waals surface area contributed by atoms with Crippen molar-refractivity contribution in [2.45, 2.75) is 31.9 Å². The first-order valence-electron chi connectivity index (χ1n) is 6.08. The van der Waals surface area contributed by atoms with Gasteiger partial charge in [0.05, 0.1) is 0 Å². The maximum Gasteiger partial charge on any atom is 0.161 e. The molecule has 0 saturated carbocycles. The van der Waals surface area contributed by atoms with Crippen LogP contribution in [0.15, 0.2) is 28.7 Å². The van der Waals surface area contributed by atoms with E-state index in [0.717, 1.165) is 36.1 Å². The minimum Gasteiger partial charge on any atom is -0.385 e. The third-order valence-corrected chi connectivity index (χ3v) is 3.82. The monoisotopic (exact) mass is 307 g/mol. The summed E-state index contributed by atoms with van der Waals surface area (Å²) >= 11 is 3.43. The molecule has 0 spiro atoms. The van der Waals surface area contributed by atoms with Crippen molar-refractivity contribution in [3.05, 3.63) is 46.0 Å². The number of halogens is 1. The molecule has 1 aromatic heterocycles. The van der Waals surface area contributed by atoms with Crippen LogP contribution in [0, 0.1) is 0 Å². The van der Waals surface area contributed by atoms with Crippen molar-refractivity contribution >= 4 is 15.9 Å². The van der Waals surface area contributed by atoms with E-state index in [9.17, 15) is 5.11 Å². The summed E-state index contributed by atoms with van der Waals surface area (Å²) < 4.78 is 3.13. The molecule has 2 aromatic rings. The average Bonchev–Trinajstić information content (AvgIpc) is 2.77. The van der Waals surface area contributed by atoms with E-state index in [-0.39, 0.29) is 0 Å². The molecule has 5 heteroatoms. The van der Waals surface area contributed by atoms with E-state index in [1.807, 2.05) is 12.1 Å². The fraction of sp³-hybridized carbons (Fsp3) is 0.385. The van der Waals surface area contributed by atoms with Gasteiger partial charge in [-0.2, -0.15) is 0 Å². The number of aliphatic hydroxyl groups is 1. The number of hydrogen-bond acceptors (Lipinski definition) is 3. The summed E-state index contributed by atoms with van der Waals surface area (Å²) in [6.07, 6.45) is 2.08. The highest BCUT2D eigenvalue weighted by Gasteiger charge is 2.23. The first-order valence-corrected chi connectivity index (χ1v) is 6.88. The first kappa shape index (κ1) is 11.9. The Morgan fingerprint density at radius 2 is 2.06 bits per heavy atom. The van der Waals surface area contributed by atoms with Crippen LogP contribution < -0.4 is 0 Å². The molecule has 0 radical (unpaired) electrons. The quantitative estimate of drug-likeness (QED) is 0.927. The second-order valence-electron chi connectivity index (χ2n) is 4.59. The van der Waals surface area contributed by atoms with Gasteiger partial charge in [-0.3, -0.25) is 0 Å². The molecular weight excluding hydrogens is 294 g/mol. The standard InChI is InChI=1S/C13H14BrN3O/c14-10-5-3-9(4-6-10)8-12-15-16-13-11(18)2-1-7-17(12)13/h3-6,11,18H,1-2,7-8H2. The van der Waals surface area contributed by atoms with Gasteiger partial charge in [0.2, 0.25) is 0 Å². The lowest BCUT2D eigenvalue weighted by molar-refractivity contribution is 0.133. The Hall–Kier alpha value is -1.20. The summed E-state index contributed by atoms with van der Waals surface area (Å²) in [4.78, 5) is 0. The van der Waals surface area contributed by atoms with Gasteiger partial charge in [-0.15, -0.1) is 10.2 Å². The van der Waals surface area contributed by atoms with Crippen LogP contribution in [0.2, 0.25) is 0 Å². The molecule has 1 atom stereocenters. The third kappa shape index (κ3) is 2.20. The predicted molar refractivity (Wildman–Crippen MR) is 71.2 cm³/mol. The molecule has 3 rings (SSSR count). The first-order chi connectivity index (χ1) is 8.74. The lowest BCUT2D eigenvalue weighted by Gasteiger charge is -2.19. The molecule has 4 nitrogen and oxygen atoms in total. The highest BCUT2D eigenvalue weighted by molar-refractivity contribution is 9.10. The van der Waals surface area contributed by atoms with Crippen molar-refractivity contribution in [1.29, 1.82) is 0 Å². The second kappa shape index (κ2) is 4.82. The van der Waals surface area contributed by atoms with Crippen LogP contribution in [0.4, 0.5) is 0 Å². The SMILES string of the molecule is OC1CCCn2c(Cc3ccc(Br)cc3)nnc21. The maximum absolute atomic E-state index is 9.85. The largest absolute Gasteiger partial charge is 0.385 e. The molecule has 0 aliphatic carbocycles. The Balaban J connectivity index is 1.87. The fourth-order valence-corrected chi connectivity index (χ4v) is 2.59. The summed E-state index contributed by atoms with van der Waals surface area (Å²) in [5.74, 6) is 1.65. The number of aliphatic hydroxyl groups excluding tert-OH is 1. The van der Waals surface area contributed by atoms with Gasteiger partial charge in [-0.1, -0.05) is 28.1 Å². The molecule has 0 fully saturated rings. The van der Waals surface area contributed by atoms with Crippen molar-refractivity contribution in [1.82, 2.24) is 14.8 Å². The van der Waals surface area contributed by atoms with E-state index < -0.39 is 6.10 Å². The Morgan fingerprint density at radius 3 is 2.83 bits per heavy atom. The van der Waals surface area contributed by atoms with Gasteiger partial charge < -0.3 is 9.67 Å². The van der Waals surface area contributed by atoms with Gasteiger partial charge in [0.1, 0.15) is 11.9 Å². The molecule has 1 unspecified atom stereocenters. The Bertz CT molecular complexity index is 550. The van der Waals surface area contributed by atoms with Crippen molar-refractivity contribution in [3.8, 4) is 0 Å². The number of aromatic nitrogens is 3. The minimum absolute atomic E-state index is 0.454. The normalized spacial score (nSPS) is 18.7. The zero-order chi connectivity index (χ0) is 12.5. The van der Waals surface area contributed by atoms with Crippen LogP contribution in [0.5, 0.6) is 0 Å². The van der Waals surface area contributed by atoms with Gasteiger partial charge in [-0.25, -0.2) is 0 Å². The Kier molecular flexibility index (Phi) is 3.18. The van der Waals surface area contributed by atoms with Crippen LogP contribution in [0.1, 0.15) is 36.2 Å². The number of benzene rings is 1. The predicted octanol–water partition coefficient (Wildman–Crippen LogP) is 2.46. The molecule has 0 saturated heterocycles. The Labute approximate surface area is 114 Å². The number of nitrogens with zero attached hydrogens (tertiary/aromatic N) is 3. The summed E-state index contributed by atoms with van der Waals surface area (Å²) in [6, 6.07) is 8.20. The third-order valence-electron chi connectivity index (χ3n) is 3.29. The van der Waals surface area contributed by atoms with E-state index in [2.05, 4.69) is 42.8 Å². The van der Waals surface area contributed by atoms with Gasteiger partial charge in [0.15, 0.2) is 5.82 Å². The van der Waals surface area contributed by atoms with E-state index in [1.165, 1.54) is 5.56 Å². The highest BCUT2D eigenvalue weighted by atomic mass is 79.9. The molecule has 94 valence electrons. The Morgan fingerprint density at radius 1 is 1.28 bits per heavy atom. The van der Waals surface area contributed by atoms with Crippen LogP contribution in [0.25, 0.3) is 0 Å². The van der Waals surface area contributed by atoms with Crippen molar-refractivity contribution in [2.24, 2.45) is 0 Å². The molecule has 0 amide bonds. The molecule has 1 aromatic carbocycles. The van der Waals surface area contributed by atoms with Crippen LogP contribution >= 0.6 is 15.9 Å². The number of fused-ring (bicyclic) bond motifs is 1. The van der Waals surface area contributed by atoms with Crippen LogP contribution in [0.3, 0.4) is 0 Å². The average molecular weight is 308 g/mol. The molecule has 2 heterocycles. The summed E-state index contributed by atoms with van der Waals surface area (Å²) in [7, 11) is 0. The summed E-state index contributed by atoms with van der Waals surface area (Å²) in [5, 5.41) is 18.2. The molecule has 1 N–H and O–H groups in total. The van der Waals surface area contributed by atoms with Crippen molar-refractivity contribution in [3.63, 3.8) is 0 Å². The summed E-state index contributed by atoms with van der Waals surface area (Å²) in [6.45, 7) is 0.908. The van der Waals surface area contributed by atoms with Gasteiger partial charge >= 0.3 is 0 Å².